The van der Waals surface area contributed by atoms with E-state index in [9.17, 15) is 17.9 Å². The van der Waals surface area contributed by atoms with Crippen LogP contribution in [0.5, 0.6) is 5.75 Å². The molecule has 1 unspecified atom stereocenters. The quantitative estimate of drug-likeness (QED) is 0.366. The standard InChI is InChI=1S/C30H32ClFN2O4S/c1-20-5-3-6-25(15-20)39(36,37)34-19-24(12-14-33-13-11-23(35)18-33)38-29-10-9-22(17-28(29)34)16-21(2)30-26(31)7-4-8-27(30)32/h3-10,15-17,23-24,35H,11-14,18-19H2,1-2H3/b21-16+/t23?,24-/m0/s1. The predicted molar refractivity (Wildman–Crippen MR) is 153 cm³/mol. The van der Waals surface area contributed by atoms with Gasteiger partial charge in [-0.3, -0.25) is 4.31 Å². The fourth-order valence-corrected chi connectivity index (χ4v) is 7.15. The number of ether oxygens (including phenoxy) is 1. The summed E-state index contributed by atoms with van der Waals surface area (Å²) >= 11 is 6.26. The van der Waals surface area contributed by atoms with Crippen LogP contribution in [0.4, 0.5) is 10.1 Å². The van der Waals surface area contributed by atoms with Crippen LogP contribution in [-0.2, 0) is 10.0 Å². The predicted octanol–water partition coefficient (Wildman–Crippen LogP) is 5.76. The number of sulfonamides is 1. The smallest absolute Gasteiger partial charge is 0.264 e. The third-order valence-electron chi connectivity index (χ3n) is 7.25. The summed E-state index contributed by atoms with van der Waals surface area (Å²) in [6, 6.07) is 16.8. The molecule has 0 bridgehead atoms. The zero-order chi connectivity index (χ0) is 27.7. The lowest BCUT2D eigenvalue weighted by molar-refractivity contribution is 0.152. The van der Waals surface area contributed by atoms with Gasteiger partial charge in [-0.25, -0.2) is 12.8 Å². The van der Waals surface area contributed by atoms with Crippen molar-refractivity contribution >= 4 is 39.0 Å². The second kappa shape index (κ2) is 11.3. The molecule has 2 aliphatic rings. The third-order valence-corrected chi connectivity index (χ3v) is 9.34. The Morgan fingerprint density at radius 2 is 1.95 bits per heavy atom. The van der Waals surface area contributed by atoms with Crippen LogP contribution < -0.4 is 9.04 Å². The van der Waals surface area contributed by atoms with Gasteiger partial charge in [0, 0.05) is 25.2 Å². The largest absolute Gasteiger partial charge is 0.486 e. The van der Waals surface area contributed by atoms with Crippen molar-refractivity contribution < 1.29 is 22.7 Å². The highest BCUT2D eigenvalue weighted by molar-refractivity contribution is 7.92. The zero-order valence-electron chi connectivity index (χ0n) is 22.0. The highest BCUT2D eigenvalue weighted by Crippen LogP contribution is 2.39. The number of hydrogen-bond donors (Lipinski definition) is 1. The normalized spacial score (nSPS) is 20.1. The Hall–Kier alpha value is -2.91. The minimum atomic E-state index is -3.89. The molecule has 3 aromatic carbocycles. The van der Waals surface area contributed by atoms with E-state index in [1.54, 1.807) is 55.5 Å². The van der Waals surface area contributed by atoms with Gasteiger partial charge < -0.3 is 14.7 Å². The van der Waals surface area contributed by atoms with Crippen molar-refractivity contribution in [1.29, 1.82) is 0 Å². The lowest BCUT2D eigenvalue weighted by Crippen LogP contribution is -2.44. The average molecular weight is 571 g/mol. The van der Waals surface area contributed by atoms with E-state index in [-0.39, 0.29) is 23.6 Å². The summed E-state index contributed by atoms with van der Waals surface area (Å²) in [5.41, 5.74) is 2.91. The third kappa shape index (κ3) is 5.99. The maximum absolute atomic E-state index is 14.5. The molecule has 0 aromatic heterocycles. The minimum Gasteiger partial charge on any atom is -0.486 e. The van der Waals surface area contributed by atoms with Crippen LogP contribution in [0.15, 0.2) is 65.6 Å². The lowest BCUT2D eigenvalue weighted by atomic mass is 10.0. The molecule has 0 spiro atoms. The van der Waals surface area contributed by atoms with E-state index in [0.29, 0.717) is 52.7 Å². The topological polar surface area (TPSA) is 70.1 Å². The first-order valence-corrected chi connectivity index (χ1v) is 14.9. The molecule has 2 heterocycles. The van der Waals surface area contributed by atoms with Crippen molar-refractivity contribution in [3.8, 4) is 5.75 Å². The van der Waals surface area contributed by atoms with E-state index in [2.05, 4.69) is 4.90 Å². The molecule has 2 aliphatic heterocycles. The summed E-state index contributed by atoms with van der Waals surface area (Å²) in [5.74, 6) is 0.0530. The van der Waals surface area contributed by atoms with Crippen molar-refractivity contribution in [3.05, 3.63) is 88.2 Å². The van der Waals surface area contributed by atoms with Crippen molar-refractivity contribution in [1.82, 2.24) is 4.90 Å². The van der Waals surface area contributed by atoms with Crippen molar-refractivity contribution in [3.63, 3.8) is 0 Å². The van der Waals surface area contributed by atoms with Gasteiger partial charge >= 0.3 is 0 Å². The summed E-state index contributed by atoms with van der Waals surface area (Å²) in [6.07, 6.45) is 2.49. The number of benzene rings is 3. The first-order valence-electron chi connectivity index (χ1n) is 13.0. The monoisotopic (exact) mass is 570 g/mol. The molecule has 6 nitrogen and oxygen atoms in total. The van der Waals surface area contributed by atoms with Gasteiger partial charge in [-0.2, -0.15) is 0 Å². The zero-order valence-corrected chi connectivity index (χ0v) is 23.6. The van der Waals surface area contributed by atoms with Crippen LogP contribution in [0, 0.1) is 12.7 Å². The number of aliphatic hydroxyl groups is 1. The van der Waals surface area contributed by atoms with Gasteiger partial charge in [-0.1, -0.05) is 41.9 Å². The van der Waals surface area contributed by atoms with E-state index in [4.69, 9.17) is 16.3 Å². The number of allylic oxidation sites excluding steroid dienone is 1. The molecule has 0 aliphatic carbocycles. The molecular formula is C30H32ClFN2O4S. The van der Waals surface area contributed by atoms with Crippen LogP contribution in [0.25, 0.3) is 11.6 Å². The Labute approximate surface area is 234 Å². The van der Waals surface area contributed by atoms with Crippen molar-refractivity contribution in [2.24, 2.45) is 0 Å². The highest BCUT2D eigenvalue weighted by Gasteiger charge is 2.35. The Morgan fingerprint density at radius 1 is 1.15 bits per heavy atom. The molecule has 1 saturated heterocycles. The van der Waals surface area contributed by atoms with Gasteiger partial charge in [0.2, 0.25) is 0 Å². The highest BCUT2D eigenvalue weighted by atomic mass is 35.5. The Balaban J connectivity index is 1.50. The van der Waals surface area contributed by atoms with E-state index >= 15 is 0 Å². The number of halogens is 2. The first kappa shape index (κ1) is 27.6. The molecule has 0 radical (unpaired) electrons. The van der Waals surface area contributed by atoms with E-state index in [1.807, 2.05) is 19.1 Å². The van der Waals surface area contributed by atoms with Crippen LogP contribution in [-0.4, -0.2) is 56.8 Å². The maximum atomic E-state index is 14.5. The van der Waals surface area contributed by atoms with E-state index < -0.39 is 15.8 Å². The van der Waals surface area contributed by atoms with Crippen molar-refractivity contribution in [2.45, 2.75) is 43.8 Å². The second-order valence-corrected chi connectivity index (χ2v) is 12.5. The first-order chi connectivity index (χ1) is 18.6. The fourth-order valence-electron chi connectivity index (χ4n) is 5.24. The molecule has 206 valence electrons. The van der Waals surface area contributed by atoms with Gasteiger partial charge in [0.15, 0.2) is 0 Å². The average Bonchev–Trinajstić information content (AvgIpc) is 3.32. The Morgan fingerprint density at radius 3 is 2.67 bits per heavy atom. The molecule has 0 saturated carbocycles. The van der Waals surface area contributed by atoms with Gasteiger partial charge in [0.1, 0.15) is 17.7 Å². The van der Waals surface area contributed by atoms with Crippen LogP contribution >= 0.6 is 11.6 Å². The number of rotatable bonds is 7. The molecule has 1 N–H and O–H groups in total. The number of anilines is 1. The summed E-state index contributed by atoms with van der Waals surface area (Å²) in [5, 5.41) is 10.2. The maximum Gasteiger partial charge on any atom is 0.264 e. The summed E-state index contributed by atoms with van der Waals surface area (Å²) in [6.45, 7) is 5.93. The number of likely N-dealkylation sites (tertiary alicyclic amines) is 1. The number of fused-ring (bicyclic) bond motifs is 1. The van der Waals surface area contributed by atoms with Crippen LogP contribution in [0.2, 0.25) is 5.02 Å². The van der Waals surface area contributed by atoms with Gasteiger partial charge in [-0.15, -0.1) is 0 Å². The minimum absolute atomic E-state index is 0.158. The fraction of sp³-hybridized carbons (Fsp3) is 0.333. The van der Waals surface area contributed by atoms with Gasteiger partial charge in [0.25, 0.3) is 10.0 Å². The van der Waals surface area contributed by atoms with Crippen LogP contribution in [0.1, 0.15) is 36.5 Å². The molecule has 0 amide bonds. The summed E-state index contributed by atoms with van der Waals surface area (Å²) in [4.78, 5) is 2.39. The van der Waals surface area contributed by atoms with E-state index in [0.717, 1.165) is 18.5 Å². The molecule has 1 fully saturated rings. The number of hydrogen-bond acceptors (Lipinski definition) is 5. The molecule has 39 heavy (non-hydrogen) atoms. The molecule has 2 atom stereocenters. The van der Waals surface area contributed by atoms with E-state index in [1.165, 1.54) is 10.4 Å². The Bertz CT molecular complexity index is 1490. The second-order valence-electron chi connectivity index (χ2n) is 10.3. The number of aryl methyl sites for hydroxylation is 1. The molecule has 5 rings (SSSR count). The number of nitrogens with zero attached hydrogens (tertiary/aromatic N) is 2. The van der Waals surface area contributed by atoms with Gasteiger partial charge in [0.05, 0.1) is 28.3 Å². The SMILES string of the molecule is C/C(=C\c1ccc2c(c1)N(S(=O)(=O)c1cccc(C)c1)C[C@H](CCN1CCC(O)C1)O2)c1c(F)cccc1Cl. The summed E-state index contributed by atoms with van der Waals surface area (Å²) in [7, 11) is -3.89. The molecular weight excluding hydrogens is 539 g/mol. The molecule has 3 aromatic rings. The number of β-amino-alcohol motifs (C(OH)–C–C–N with tert-alkyl or cyclic N) is 1. The van der Waals surface area contributed by atoms with Crippen molar-refractivity contribution in [2.75, 3.05) is 30.5 Å². The van der Waals surface area contributed by atoms with Crippen LogP contribution in [0.3, 0.4) is 0 Å². The lowest BCUT2D eigenvalue weighted by Gasteiger charge is -2.36. The number of aliphatic hydroxyl groups excluding tert-OH is 1. The molecule has 9 heteroatoms. The van der Waals surface area contributed by atoms with Gasteiger partial charge in [-0.05, 0) is 79.8 Å². The Kier molecular flexibility index (Phi) is 8.01. The summed E-state index contributed by atoms with van der Waals surface area (Å²) < 4.78 is 50.1.